The highest BCUT2D eigenvalue weighted by Gasteiger charge is 2.61. The summed E-state index contributed by atoms with van der Waals surface area (Å²) in [6, 6.07) is 0. The van der Waals surface area contributed by atoms with Crippen LogP contribution in [0.15, 0.2) is 23.3 Å². The highest BCUT2D eigenvalue weighted by molar-refractivity contribution is 6.03. The molecule has 0 heterocycles. The van der Waals surface area contributed by atoms with Gasteiger partial charge >= 0.3 is 11.9 Å². The summed E-state index contributed by atoms with van der Waals surface area (Å²) >= 11 is 0. The van der Waals surface area contributed by atoms with Crippen LogP contribution in [0, 0.1) is 29.1 Å². The lowest BCUT2D eigenvalue weighted by atomic mass is 9.81. The third-order valence-electron chi connectivity index (χ3n) is 9.78. The van der Waals surface area contributed by atoms with Crippen LogP contribution in [0.1, 0.15) is 132 Å². The number of ketones is 1. The highest BCUT2D eigenvalue weighted by Crippen LogP contribution is 2.62. The topological polar surface area (TPSA) is 69.7 Å². The lowest BCUT2D eigenvalue weighted by Crippen LogP contribution is -2.48. The molecule has 3 aliphatic carbocycles. The van der Waals surface area contributed by atoms with Gasteiger partial charge in [0.1, 0.15) is 6.10 Å². The molecule has 3 aliphatic rings. The van der Waals surface area contributed by atoms with Crippen LogP contribution in [0.25, 0.3) is 0 Å². The predicted octanol–water partition coefficient (Wildman–Crippen LogP) is 8.30. The van der Waals surface area contributed by atoms with E-state index >= 15 is 0 Å². The second-order valence-electron chi connectivity index (χ2n) is 13.4. The van der Waals surface area contributed by atoms with Gasteiger partial charge in [-0.3, -0.25) is 14.4 Å². The van der Waals surface area contributed by atoms with E-state index in [1.54, 1.807) is 0 Å². The first-order valence-corrected chi connectivity index (χ1v) is 15.7. The van der Waals surface area contributed by atoms with Gasteiger partial charge in [0.15, 0.2) is 5.60 Å². The number of esters is 2. The number of carbonyl (C=O) groups is 3. The molecule has 39 heavy (non-hydrogen) atoms. The fourth-order valence-electron chi connectivity index (χ4n) is 7.34. The monoisotopic (exact) mass is 542 g/mol. The second kappa shape index (κ2) is 13.6. The summed E-state index contributed by atoms with van der Waals surface area (Å²) < 4.78 is 12.1. The first-order valence-electron chi connectivity index (χ1n) is 15.7. The van der Waals surface area contributed by atoms with Gasteiger partial charge in [0, 0.05) is 19.8 Å². The first kappa shape index (κ1) is 31.6. The van der Waals surface area contributed by atoms with Crippen molar-refractivity contribution in [3.8, 4) is 0 Å². The summed E-state index contributed by atoms with van der Waals surface area (Å²) in [6.07, 6.45) is 17.2. The van der Waals surface area contributed by atoms with Crippen LogP contribution in [0.2, 0.25) is 0 Å². The summed E-state index contributed by atoms with van der Waals surface area (Å²) in [7, 11) is 0. The summed E-state index contributed by atoms with van der Waals surface area (Å²) in [5, 5.41) is 0. The molecule has 0 bridgehead atoms. The SMILES string of the molecule is CCCCCCCCCCCC(=O)O[C@H]1[C@@H](C)C[C@]2(OC(C)=O)C(=O)/C(C)=C/[C@@H]3[C@H](CC/C(C)=C/[C@@H]12)C3(C)C. The van der Waals surface area contributed by atoms with Crippen LogP contribution < -0.4 is 0 Å². The standard InChI is InChI=1S/C34H54O5/c1-8-9-10-11-12-13-14-15-16-17-30(36)38-31-25(4)22-34(39-26(5)35)29(31)20-23(2)18-19-27-28(33(27,6)7)21-24(3)32(34)37/h20-21,25,27-29,31H,8-19,22H2,1-7H3/b23-20+,24-21+/t25-,27-,28+,29-,31-,34+/m0/s1. The highest BCUT2D eigenvalue weighted by atomic mass is 16.6. The summed E-state index contributed by atoms with van der Waals surface area (Å²) in [6.45, 7) is 14.1. The van der Waals surface area contributed by atoms with Crippen molar-refractivity contribution in [1.82, 2.24) is 0 Å². The van der Waals surface area contributed by atoms with Gasteiger partial charge in [0.05, 0.1) is 5.92 Å². The Morgan fingerprint density at radius 1 is 0.949 bits per heavy atom. The number of fused-ring (bicyclic) bond motifs is 2. The molecule has 5 nitrogen and oxygen atoms in total. The number of Topliss-reactive ketones (excluding diaryl/α,β-unsaturated/α-hetero) is 1. The maximum absolute atomic E-state index is 14.1. The molecule has 0 aromatic rings. The van der Waals surface area contributed by atoms with Gasteiger partial charge in [-0.2, -0.15) is 0 Å². The van der Waals surface area contributed by atoms with E-state index in [9.17, 15) is 14.4 Å². The molecule has 2 saturated carbocycles. The van der Waals surface area contributed by atoms with Crippen molar-refractivity contribution >= 4 is 17.7 Å². The molecule has 0 aliphatic heterocycles. The number of hydrogen-bond acceptors (Lipinski definition) is 5. The molecule has 0 unspecified atom stereocenters. The molecular formula is C34H54O5. The minimum absolute atomic E-state index is 0.102. The maximum Gasteiger partial charge on any atom is 0.306 e. The average molecular weight is 543 g/mol. The van der Waals surface area contributed by atoms with Crippen molar-refractivity contribution in [2.24, 2.45) is 29.1 Å². The predicted molar refractivity (Wildman–Crippen MR) is 156 cm³/mol. The number of ether oxygens (including phenoxy) is 2. The van der Waals surface area contributed by atoms with E-state index < -0.39 is 23.6 Å². The minimum atomic E-state index is -1.34. The molecule has 0 spiro atoms. The molecule has 0 radical (unpaired) electrons. The minimum Gasteiger partial charge on any atom is -0.461 e. The Labute approximate surface area is 237 Å². The lowest BCUT2D eigenvalue weighted by molar-refractivity contribution is -0.170. The van der Waals surface area contributed by atoms with Crippen molar-refractivity contribution in [1.29, 1.82) is 0 Å². The Balaban J connectivity index is 1.72. The lowest BCUT2D eigenvalue weighted by Gasteiger charge is -2.34. The van der Waals surface area contributed by atoms with Gasteiger partial charge in [-0.1, -0.05) is 96.8 Å². The molecule has 0 aromatic heterocycles. The van der Waals surface area contributed by atoms with E-state index in [2.05, 4.69) is 39.8 Å². The molecule has 5 heteroatoms. The third kappa shape index (κ3) is 7.64. The Bertz CT molecular complexity index is 943. The summed E-state index contributed by atoms with van der Waals surface area (Å²) in [4.78, 5) is 39.5. The number of hydrogen-bond donors (Lipinski definition) is 0. The Hall–Kier alpha value is -1.91. The van der Waals surface area contributed by atoms with Gasteiger partial charge < -0.3 is 9.47 Å². The van der Waals surface area contributed by atoms with Crippen molar-refractivity contribution in [2.75, 3.05) is 0 Å². The number of unbranched alkanes of at least 4 members (excludes halogenated alkanes) is 8. The molecule has 220 valence electrons. The summed E-state index contributed by atoms with van der Waals surface area (Å²) in [5.74, 6) is -0.521. The largest absolute Gasteiger partial charge is 0.461 e. The Morgan fingerprint density at radius 3 is 2.18 bits per heavy atom. The molecule has 0 amide bonds. The molecular weight excluding hydrogens is 488 g/mol. The van der Waals surface area contributed by atoms with Crippen molar-refractivity contribution in [2.45, 2.75) is 144 Å². The van der Waals surface area contributed by atoms with Gasteiger partial charge in [0.2, 0.25) is 5.78 Å². The van der Waals surface area contributed by atoms with Gasteiger partial charge in [-0.25, -0.2) is 0 Å². The molecule has 0 aromatic carbocycles. The average Bonchev–Trinajstić information content (AvgIpc) is 3.28. The zero-order valence-corrected chi connectivity index (χ0v) is 25.8. The molecule has 0 saturated heterocycles. The van der Waals surface area contributed by atoms with E-state index in [0.717, 1.165) is 32.1 Å². The van der Waals surface area contributed by atoms with Crippen LogP contribution in [-0.4, -0.2) is 29.4 Å². The smallest absolute Gasteiger partial charge is 0.306 e. The number of allylic oxidation sites excluding steroid dienone is 2. The fourth-order valence-corrected chi connectivity index (χ4v) is 7.34. The third-order valence-corrected chi connectivity index (χ3v) is 9.78. The van der Waals surface area contributed by atoms with Crippen molar-refractivity contribution in [3.05, 3.63) is 23.3 Å². The quantitative estimate of drug-likeness (QED) is 0.141. The van der Waals surface area contributed by atoms with E-state index in [4.69, 9.17) is 9.47 Å². The van der Waals surface area contributed by atoms with Crippen molar-refractivity contribution in [3.63, 3.8) is 0 Å². The Kier molecular flexibility index (Phi) is 11.1. The van der Waals surface area contributed by atoms with Gasteiger partial charge in [0.25, 0.3) is 0 Å². The zero-order valence-electron chi connectivity index (χ0n) is 25.8. The van der Waals surface area contributed by atoms with Crippen LogP contribution in [0.5, 0.6) is 0 Å². The van der Waals surface area contributed by atoms with E-state index in [1.807, 2.05) is 13.8 Å². The normalized spacial score (nSPS) is 34.4. The van der Waals surface area contributed by atoms with Crippen molar-refractivity contribution < 1.29 is 23.9 Å². The van der Waals surface area contributed by atoms with Crippen LogP contribution in [-0.2, 0) is 23.9 Å². The molecule has 0 N–H and O–H groups in total. The van der Waals surface area contributed by atoms with Gasteiger partial charge in [-0.05, 0) is 61.9 Å². The number of carbonyl (C=O) groups excluding carboxylic acids is 3. The molecule has 2 fully saturated rings. The van der Waals surface area contributed by atoms with E-state index in [0.29, 0.717) is 30.3 Å². The first-order chi connectivity index (χ1) is 18.4. The van der Waals surface area contributed by atoms with Crippen LogP contribution >= 0.6 is 0 Å². The Morgan fingerprint density at radius 2 is 1.56 bits per heavy atom. The van der Waals surface area contributed by atoms with E-state index in [1.165, 1.54) is 51.0 Å². The van der Waals surface area contributed by atoms with Crippen LogP contribution in [0.4, 0.5) is 0 Å². The second-order valence-corrected chi connectivity index (χ2v) is 13.4. The van der Waals surface area contributed by atoms with Gasteiger partial charge in [-0.15, -0.1) is 0 Å². The van der Waals surface area contributed by atoms with Crippen LogP contribution in [0.3, 0.4) is 0 Å². The van der Waals surface area contributed by atoms with E-state index in [-0.39, 0.29) is 23.1 Å². The zero-order chi connectivity index (χ0) is 28.8. The fraction of sp³-hybridized carbons (Fsp3) is 0.794. The molecule has 3 rings (SSSR count). The maximum atomic E-state index is 14.1. The summed E-state index contributed by atoms with van der Waals surface area (Å²) in [5.41, 5.74) is 0.655. The molecule has 6 atom stereocenters. The number of rotatable bonds is 12.